The molecule has 37 heavy (non-hydrogen) atoms. The molecule has 0 aliphatic heterocycles. The number of carboxylic acid groups (broad SMARTS) is 1. The smallest absolute Gasteiger partial charge is 0.339 e. The molecule has 10 heteroatoms. The summed E-state index contributed by atoms with van der Waals surface area (Å²) in [4.78, 5) is 16.5. The van der Waals surface area contributed by atoms with Gasteiger partial charge in [0.25, 0.3) is 0 Å². The molecule has 0 heterocycles. The van der Waals surface area contributed by atoms with Gasteiger partial charge in [-0.2, -0.15) is 0 Å². The summed E-state index contributed by atoms with van der Waals surface area (Å²) < 4.78 is 47.6. The third kappa shape index (κ3) is 3.90. The molecular weight excluding hydrogens is 483 g/mol. The van der Waals surface area contributed by atoms with Crippen LogP contribution >= 0.6 is 0 Å². The molecular formula is C27H25F3N5O2+. The number of carboxylic acids is 1. The van der Waals surface area contributed by atoms with E-state index >= 15 is 8.78 Å². The molecule has 0 saturated heterocycles. The van der Waals surface area contributed by atoms with Crippen molar-refractivity contribution in [3.63, 3.8) is 0 Å². The largest absolute Gasteiger partial charge is 0.478 e. The van der Waals surface area contributed by atoms with Crippen LogP contribution in [0.3, 0.4) is 0 Å². The highest BCUT2D eigenvalue weighted by Crippen LogP contribution is 2.52. The minimum absolute atomic E-state index is 0.0723. The van der Waals surface area contributed by atoms with Gasteiger partial charge < -0.3 is 10.0 Å². The fraction of sp³-hybridized carbons (Fsp3) is 0.259. The molecule has 0 saturated carbocycles. The standard InChI is InChI=1S/C27H24F3N5O2/c1-27(2)17-11-13(34(3)4)7-9-15(17)19(16-10-8-14(35(5)6)12-18(16)27)20-21(26(36)37)22(28)24(30)25(23(20)29)32-33-31/h7-12H,1-6H3/p+1. The van der Waals surface area contributed by atoms with Crippen LogP contribution in [0.1, 0.15) is 40.9 Å². The van der Waals surface area contributed by atoms with E-state index in [0.29, 0.717) is 11.1 Å². The number of nitrogens with zero attached hydrogens (tertiary/aromatic N) is 5. The van der Waals surface area contributed by atoms with E-state index in [1.54, 1.807) is 24.3 Å². The summed E-state index contributed by atoms with van der Waals surface area (Å²) in [6.45, 7) is 3.98. The van der Waals surface area contributed by atoms with Crippen LogP contribution < -0.4 is 4.90 Å². The molecule has 0 unspecified atom stereocenters. The number of anilines is 1. The Kier molecular flexibility index (Phi) is 6.25. The number of hydrogen-bond donors (Lipinski definition) is 1. The molecule has 0 atom stereocenters. The van der Waals surface area contributed by atoms with Gasteiger partial charge >= 0.3 is 5.97 Å². The summed E-state index contributed by atoms with van der Waals surface area (Å²) in [5.41, 5.74) is 9.31. The van der Waals surface area contributed by atoms with Crippen LogP contribution in [0.15, 0.2) is 52.7 Å². The van der Waals surface area contributed by atoms with Gasteiger partial charge in [0, 0.05) is 53.4 Å². The first-order valence-electron chi connectivity index (χ1n) is 11.3. The van der Waals surface area contributed by atoms with Gasteiger partial charge in [0.15, 0.2) is 17.3 Å². The Labute approximate surface area is 211 Å². The first-order chi connectivity index (χ1) is 17.3. The lowest BCUT2D eigenvalue weighted by molar-refractivity contribution is -0.462. The van der Waals surface area contributed by atoms with Gasteiger partial charge in [-0.15, -0.1) is 0 Å². The van der Waals surface area contributed by atoms with Gasteiger partial charge in [0.1, 0.15) is 31.2 Å². The molecule has 0 fully saturated rings. The molecule has 190 valence electrons. The fourth-order valence-electron chi connectivity index (χ4n) is 4.87. The highest BCUT2D eigenvalue weighted by molar-refractivity contribution is 6.08. The summed E-state index contributed by atoms with van der Waals surface area (Å²) in [5.74, 6) is -6.97. The number of aromatic carboxylic acids is 1. The average Bonchev–Trinajstić information content (AvgIpc) is 2.84. The second kappa shape index (κ2) is 8.97. The second-order valence-corrected chi connectivity index (χ2v) is 9.78. The highest BCUT2D eigenvalue weighted by Gasteiger charge is 2.41. The molecule has 0 amide bonds. The Balaban J connectivity index is 2.27. The molecule has 2 aromatic rings. The van der Waals surface area contributed by atoms with Crippen molar-refractivity contribution in [2.24, 2.45) is 5.11 Å². The van der Waals surface area contributed by atoms with Crippen molar-refractivity contribution in [2.75, 3.05) is 33.1 Å². The van der Waals surface area contributed by atoms with Crippen molar-refractivity contribution in [2.45, 2.75) is 19.3 Å². The first kappa shape index (κ1) is 25.8. The monoisotopic (exact) mass is 508 g/mol. The number of carbonyl (C=O) groups is 1. The zero-order valence-corrected chi connectivity index (χ0v) is 21.2. The molecule has 0 aromatic heterocycles. The van der Waals surface area contributed by atoms with Gasteiger partial charge in [-0.05, 0) is 46.0 Å². The van der Waals surface area contributed by atoms with E-state index in [9.17, 15) is 14.3 Å². The molecule has 4 rings (SSSR count). The zero-order chi connectivity index (χ0) is 27.4. The molecule has 0 spiro atoms. The lowest BCUT2D eigenvalue weighted by Crippen LogP contribution is -2.31. The Morgan fingerprint density at radius 3 is 2.35 bits per heavy atom. The van der Waals surface area contributed by atoms with Gasteiger partial charge in [-0.1, -0.05) is 25.0 Å². The van der Waals surface area contributed by atoms with E-state index < -0.39 is 45.7 Å². The third-order valence-corrected chi connectivity index (χ3v) is 6.83. The van der Waals surface area contributed by atoms with E-state index in [4.69, 9.17) is 5.53 Å². The van der Waals surface area contributed by atoms with Crippen molar-refractivity contribution >= 4 is 28.6 Å². The Hall–Kier alpha value is -4.30. The molecule has 2 aliphatic rings. The van der Waals surface area contributed by atoms with Crippen molar-refractivity contribution in [1.29, 1.82) is 0 Å². The lowest BCUT2D eigenvalue weighted by Gasteiger charge is -2.39. The van der Waals surface area contributed by atoms with E-state index in [-0.39, 0.29) is 5.57 Å². The molecule has 2 aromatic carbocycles. The number of fused-ring (bicyclic) bond motifs is 2. The fourth-order valence-corrected chi connectivity index (χ4v) is 4.87. The number of allylic oxidation sites excluding steroid dienone is 5. The van der Waals surface area contributed by atoms with Crippen molar-refractivity contribution in [3.8, 4) is 0 Å². The van der Waals surface area contributed by atoms with Crippen LogP contribution in [0.5, 0.6) is 0 Å². The normalized spacial score (nSPS) is 15.5. The molecule has 0 radical (unpaired) electrons. The molecule has 2 aliphatic carbocycles. The van der Waals surface area contributed by atoms with Crippen molar-refractivity contribution in [1.82, 2.24) is 0 Å². The van der Waals surface area contributed by atoms with Crippen LogP contribution in [-0.4, -0.2) is 49.6 Å². The average molecular weight is 509 g/mol. The Morgan fingerprint density at radius 1 is 1.11 bits per heavy atom. The van der Waals surface area contributed by atoms with Crippen molar-refractivity contribution < 1.29 is 27.6 Å². The maximum atomic E-state index is 15.9. The number of azide groups is 1. The Bertz CT molecular complexity index is 1550. The highest BCUT2D eigenvalue weighted by atomic mass is 19.2. The quantitative estimate of drug-likeness (QED) is 0.178. The maximum absolute atomic E-state index is 15.9. The number of benzene rings is 2. The number of halogens is 3. The van der Waals surface area contributed by atoms with Gasteiger partial charge in [-0.25, -0.2) is 22.5 Å². The summed E-state index contributed by atoms with van der Waals surface area (Å²) in [6.07, 6.45) is 5.40. The summed E-state index contributed by atoms with van der Waals surface area (Å²) in [6, 6.07) is 5.40. The predicted molar refractivity (Wildman–Crippen MR) is 136 cm³/mol. The number of hydrogen-bond acceptors (Lipinski definition) is 3. The van der Waals surface area contributed by atoms with Gasteiger partial charge in [-0.3, -0.25) is 0 Å². The van der Waals surface area contributed by atoms with Gasteiger partial charge in [0.05, 0.1) is 0 Å². The van der Waals surface area contributed by atoms with Crippen LogP contribution in [0.25, 0.3) is 16.0 Å². The van der Waals surface area contributed by atoms with E-state index in [0.717, 1.165) is 22.5 Å². The van der Waals surface area contributed by atoms with E-state index in [1.165, 1.54) is 0 Å². The van der Waals surface area contributed by atoms with Crippen LogP contribution in [0.2, 0.25) is 0 Å². The minimum Gasteiger partial charge on any atom is -0.478 e. The van der Waals surface area contributed by atoms with Crippen LogP contribution in [0.4, 0.5) is 24.5 Å². The SMILES string of the molecule is CN(C)c1ccc2c(c1)C(C)(C)C1=CC(=[N+](C)C)C=CC1=C2c1c(F)c(N=[N+]=[N-])c(F)c(F)c1C(=O)O. The first-order valence-corrected chi connectivity index (χ1v) is 11.3. The molecule has 0 bridgehead atoms. The predicted octanol–water partition coefficient (Wildman–Crippen LogP) is 6.11. The van der Waals surface area contributed by atoms with Crippen LogP contribution in [0, 0.1) is 17.5 Å². The van der Waals surface area contributed by atoms with Crippen LogP contribution in [-0.2, 0) is 5.41 Å². The van der Waals surface area contributed by atoms with Crippen molar-refractivity contribution in [3.05, 3.63) is 97.7 Å². The second-order valence-electron chi connectivity index (χ2n) is 9.78. The minimum atomic E-state index is -1.86. The zero-order valence-electron chi connectivity index (χ0n) is 21.2. The third-order valence-electron chi connectivity index (χ3n) is 6.83. The number of rotatable bonds is 4. The summed E-state index contributed by atoms with van der Waals surface area (Å²) in [7, 11) is 7.46. The Morgan fingerprint density at radius 2 is 1.78 bits per heavy atom. The maximum Gasteiger partial charge on any atom is 0.339 e. The molecule has 7 nitrogen and oxygen atoms in total. The summed E-state index contributed by atoms with van der Waals surface area (Å²) >= 11 is 0. The van der Waals surface area contributed by atoms with E-state index in [1.807, 2.05) is 63.7 Å². The summed E-state index contributed by atoms with van der Waals surface area (Å²) in [5, 5.41) is 12.9. The van der Waals surface area contributed by atoms with E-state index in [2.05, 4.69) is 10.0 Å². The molecule has 1 N–H and O–H groups in total. The lowest BCUT2D eigenvalue weighted by atomic mass is 9.64. The van der Waals surface area contributed by atoms with Gasteiger partial charge in [0.2, 0.25) is 0 Å². The topological polar surface area (TPSA) is 92.3 Å².